The van der Waals surface area contributed by atoms with Crippen molar-refractivity contribution in [3.8, 4) is 5.75 Å². The van der Waals surface area contributed by atoms with Crippen LogP contribution in [0, 0.1) is 6.92 Å². The van der Waals surface area contributed by atoms with Gasteiger partial charge in [0.15, 0.2) is 0 Å². The van der Waals surface area contributed by atoms with Gasteiger partial charge in [0, 0.05) is 12.7 Å². The molecule has 0 atom stereocenters. The topological polar surface area (TPSA) is 56.1 Å². The minimum absolute atomic E-state index is 0.0498. The molecule has 5 nitrogen and oxygen atoms in total. The second-order valence-corrected chi connectivity index (χ2v) is 5.72. The number of ether oxygens (including phenoxy) is 1. The Hall–Kier alpha value is -2.82. The minimum Gasteiger partial charge on any atom is -0.494 e. The average molecular weight is 323 g/mol. The highest BCUT2D eigenvalue weighted by molar-refractivity contribution is 5.93. The lowest BCUT2D eigenvalue weighted by atomic mass is 10.1. The van der Waals surface area contributed by atoms with E-state index < -0.39 is 0 Å². The van der Waals surface area contributed by atoms with Crippen molar-refractivity contribution < 1.29 is 9.53 Å². The second-order valence-electron chi connectivity index (χ2n) is 5.72. The van der Waals surface area contributed by atoms with E-state index in [1.165, 1.54) is 0 Å². The summed E-state index contributed by atoms with van der Waals surface area (Å²) < 4.78 is 7.43. The van der Waals surface area contributed by atoms with Crippen molar-refractivity contribution in [3.63, 3.8) is 0 Å². The SMILES string of the molecule is CCOc1ccc(NC(=O)Cc2ccc3c(c2)nc(C)n3C)cc1. The molecule has 5 heteroatoms. The summed E-state index contributed by atoms with van der Waals surface area (Å²) in [6.45, 7) is 4.54. The number of carbonyl (C=O) groups excluding carboxylic acids is 1. The molecule has 0 unspecified atom stereocenters. The van der Waals surface area contributed by atoms with Gasteiger partial charge in [0.05, 0.1) is 24.1 Å². The molecule has 24 heavy (non-hydrogen) atoms. The minimum atomic E-state index is -0.0498. The maximum Gasteiger partial charge on any atom is 0.228 e. The van der Waals surface area contributed by atoms with Gasteiger partial charge in [0.2, 0.25) is 5.91 Å². The van der Waals surface area contributed by atoms with Gasteiger partial charge in [-0.25, -0.2) is 4.98 Å². The van der Waals surface area contributed by atoms with Gasteiger partial charge in [-0.3, -0.25) is 4.79 Å². The number of aromatic nitrogens is 2. The first kappa shape index (κ1) is 16.1. The van der Waals surface area contributed by atoms with Crippen LogP contribution in [-0.2, 0) is 18.3 Å². The van der Waals surface area contributed by atoms with Crippen LogP contribution >= 0.6 is 0 Å². The largest absolute Gasteiger partial charge is 0.494 e. The Balaban J connectivity index is 1.68. The Bertz CT molecular complexity index is 866. The summed E-state index contributed by atoms with van der Waals surface area (Å²) in [5.41, 5.74) is 3.70. The zero-order valence-corrected chi connectivity index (χ0v) is 14.2. The molecule has 3 rings (SSSR count). The molecule has 0 spiro atoms. The number of fused-ring (bicyclic) bond motifs is 1. The van der Waals surface area contributed by atoms with Gasteiger partial charge >= 0.3 is 0 Å². The number of anilines is 1. The highest BCUT2D eigenvalue weighted by atomic mass is 16.5. The number of amides is 1. The van der Waals surface area contributed by atoms with Crippen molar-refractivity contribution in [2.75, 3.05) is 11.9 Å². The summed E-state index contributed by atoms with van der Waals surface area (Å²) >= 11 is 0. The number of nitrogens with one attached hydrogen (secondary N) is 1. The Morgan fingerprint density at radius 2 is 1.96 bits per heavy atom. The summed E-state index contributed by atoms with van der Waals surface area (Å²) in [6, 6.07) is 13.3. The van der Waals surface area contributed by atoms with Gasteiger partial charge in [-0.05, 0) is 55.8 Å². The fraction of sp³-hybridized carbons (Fsp3) is 0.263. The molecule has 1 amide bonds. The quantitative estimate of drug-likeness (QED) is 0.782. The molecule has 124 valence electrons. The number of hydrogen-bond acceptors (Lipinski definition) is 3. The van der Waals surface area contributed by atoms with Gasteiger partial charge in [0.25, 0.3) is 0 Å². The molecule has 1 heterocycles. The lowest BCUT2D eigenvalue weighted by Gasteiger charge is -2.07. The van der Waals surface area contributed by atoms with Crippen molar-refractivity contribution in [2.24, 2.45) is 7.05 Å². The molecule has 0 aliphatic heterocycles. The highest BCUT2D eigenvalue weighted by Gasteiger charge is 2.08. The number of rotatable bonds is 5. The van der Waals surface area contributed by atoms with Crippen molar-refractivity contribution >= 4 is 22.6 Å². The van der Waals surface area contributed by atoms with E-state index in [-0.39, 0.29) is 5.91 Å². The van der Waals surface area contributed by atoms with Crippen LogP contribution in [0.25, 0.3) is 11.0 Å². The van der Waals surface area contributed by atoms with E-state index in [2.05, 4.69) is 10.3 Å². The average Bonchev–Trinajstić information content (AvgIpc) is 2.83. The number of hydrogen-bond donors (Lipinski definition) is 1. The predicted octanol–water partition coefficient (Wildman–Crippen LogP) is 3.46. The van der Waals surface area contributed by atoms with Crippen LogP contribution in [0.1, 0.15) is 18.3 Å². The monoisotopic (exact) mass is 323 g/mol. The third-order valence-electron chi connectivity index (χ3n) is 3.98. The molecule has 0 aliphatic carbocycles. The normalized spacial score (nSPS) is 10.8. The van der Waals surface area contributed by atoms with Crippen LogP contribution in [0.3, 0.4) is 0 Å². The molecule has 0 fully saturated rings. The van der Waals surface area contributed by atoms with Crippen molar-refractivity contribution in [2.45, 2.75) is 20.3 Å². The third kappa shape index (κ3) is 3.40. The molecule has 0 saturated heterocycles. The van der Waals surface area contributed by atoms with Gasteiger partial charge in [0.1, 0.15) is 11.6 Å². The first-order valence-corrected chi connectivity index (χ1v) is 8.01. The van der Waals surface area contributed by atoms with Crippen molar-refractivity contribution in [1.82, 2.24) is 9.55 Å². The predicted molar refractivity (Wildman–Crippen MR) is 95.4 cm³/mol. The molecule has 0 saturated carbocycles. The maximum absolute atomic E-state index is 12.2. The number of nitrogens with zero attached hydrogens (tertiary/aromatic N) is 2. The Morgan fingerprint density at radius 3 is 2.67 bits per heavy atom. The lowest BCUT2D eigenvalue weighted by Crippen LogP contribution is -2.14. The van der Waals surface area contributed by atoms with E-state index in [1.54, 1.807) is 0 Å². The molecule has 2 aromatic carbocycles. The van der Waals surface area contributed by atoms with Crippen LogP contribution < -0.4 is 10.1 Å². The molecular formula is C19H21N3O2. The van der Waals surface area contributed by atoms with E-state index in [0.29, 0.717) is 13.0 Å². The van der Waals surface area contributed by atoms with E-state index in [4.69, 9.17) is 4.74 Å². The van der Waals surface area contributed by atoms with Gasteiger partial charge in [-0.2, -0.15) is 0 Å². The van der Waals surface area contributed by atoms with E-state index in [0.717, 1.165) is 33.9 Å². The summed E-state index contributed by atoms with van der Waals surface area (Å²) in [6.07, 6.45) is 0.318. The molecular weight excluding hydrogens is 302 g/mol. The van der Waals surface area contributed by atoms with Crippen molar-refractivity contribution in [1.29, 1.82) is 0 Å². The molecule has 1 N–H and O–H groups in total. The summed E-state index contributed by atoms with van der Waals surface area (Å²) in [5, 5.41) is 2.90. The summed E-state index contributed by atoms with van der Waals surface area (Å²) in [5.74, 6) is 1.71. The number of aryl methyl sites for hydroxylation is 2. The van der Waals surface area contributed by atoms with E-state index in [9.17, 15) is 4.79 Å². The fourth-order valence-corrected chi connectivity index (χ4v) is 2.67. The van der Waals surface area contributed by atoms with E-state index in [1.807, 2.05) is 67.9 Å². The Kier molecular flexibility index (Phi) is 4.51. The standard InChI is InChI=1S/C19H21N3O2/c1-4-24-16-8-6-15(7-9-16)21-19(23)12-14-5-10-18-17(11-14)20-13(2)22(18)3/h5-11H,4,12H2,1-3H3,(H,21,23). The summed E-state index contributed by atoms with van der Waals surface area (Å²) in [4.78, 5) is 16.7. The highest BCUT2D eigenvalue weighted by Crippen LogP contribution is 2.18. The van der Waals surface area contributed by atoms with Gasteiger partial charge < -0.3 is 14.6 Å². The molecule has 0 radical (unpaired) electrons. The zero-order valence-electron chi connectivity index (χ0n) is 14.2. The van der Waals surface area contributed by atoms with Crippen molar-refractivity contribution in [3.05, 3.63) is 53.9 Å². The molecule has 0 bridgehead atoms. The van der Waals surface area contributed by atoms with Gasteiger partial charge in [-0.1, -0.05) is 6.07 Å². The van der Waals surface area contributed by atoms with Crippen LogP contribution in [0.5, 0.6) is 5.75 Å². The maximum atomic E-state index is 12.2. The lowest BCUT2D eigenvalue weighted by molar-refractivity contribution is -0.115. The molecule has 1 aromatic heterocycles. The Labute approximate surface area is 141 Å². The van der Waals surface area contributed by atoms with Crippen LogP contribution in [-0.4, -0.2) is 22.1 Å². The smallest absolute Gasteiger partial charge is 0.228 e. The molecule has 0 aliphatic rings. The van der Waals surface area contributed by atoms with Crippen LogP contribution in [0.2, 0.25) is 0 Å². The fourth-order valence-electron chi connectivity index (χ4n) is 2.67. The third-order valence-corrected chi connectivity index (χ3v) is 3.98. The number of benzene rings is 2. The number of imidazole rings is 1. The first-order chi connectivity index (χ1) is 11.6. The van der Waals surface area contributed by atoms with Crippen LogP contribution in [0.4, 0.5) is 5.69 Å². The summed E-state index contributed by atoms with van der Waals surface area (Å²) in [7, 11) is 1.99. The molecule has 3 aromatic rings. The van der Waals surface area contributed by atoms with Crippen LogP contribution in [0.15, 0.2) is 42.5 Å². The zero-order chi connectivity index (χ0) is 17.1. The first-order valence-electron chi connectivity index (χ1n) is 8.01. The van der Waals surface area contributed by atoms with E-state index >= 15 is 0 Å². The second kappa shape index (κ2) is 6.74. The van der Waals surface area contributed by atoms with Gasteiger partial charge in [-0.15, -0.1) is 0 Å². The Morgan fingerprint density at radius 1 is 1.21 bits per heavy atom. The number of carbonyl (C=O) groups is 1.